The van der Waals surface area contributed by atoms with Crippen LogP contribution in [0.15, 0.2) is 11.2 Å². The second kappa shape index (κ2) is 11.1. The van der Waals surface area contributed by atoms with Gasteiger partial charge in [-0.25, -0.2) is 9.97 Å². The number of aromatic nitrogens is 2. The molecule has 1 aromatic rings. The third-order valence-corrected chi connectivity index (χ3v) is 3.11. The van der Waals surface area contributed by atoms with E-state index in [1.165, 1.54) is 12.8 Å². The highest BCUT2D eigenvalue weighted by molar-refractivity contribution is 7.98. The highest BCUT2D eigenvalue weighted by Gasteiger charge is 2.08. The number of anilines is 1. The fourth-order valence-electron chi connectivity index (χ4n) is 1.62. The normalized spacial score (nSPS) is 11.5. The van der Waals surface area contributed by atoms with E-state index in [4.69, 9.17) is 5.73 Å². The lowest BCUT2D eigenvalue weighted by Crippen LogP contribution is -2.29. The molecule has 0 saturated carbocycles. The summed E-state index contributed by atoms with van der Waals surface area (Å²) in [6, 6.07) is 2.27. The number of aryl methyl sites for hydroxylation is 1. The molecule has 0 bridgehead atoms. The first-order valence-corrected chi connectivity index (χ1v) is 8.28. The predicted octanol–water partition coefficient (Wildman–Crippen LogP) is 3.46. The summed E-state index contributed by atoms with van der Waals surface area (Å²) in [5, 5.41) is 4.19. The smallest absolute Gasteiger partial charge is 0.189 e. The Bertz CT molecular complexity index is 344. The first-order chi connectivity index (χ1) is 9.19. The molecule has 5 heteroatoms. The van der Waals surface area contributed by atoms with Crippen LogP contribution in [0.2, 0.25) is 0 Å². The summed E-state index contributed by atoms with van der Waals surface area (Å²) in [5.74, 6) is 0.883. The van der Waals surface area contributed by atoms with E-state index in [0.29, 0.717) is 12.6 Å². The molecule has 0 aliphatic rings. The number of nitrogens with two attached hydrogens (primary N) is 1. The van der Waals surface area contributed by atoms with Crippen molar-refractivity contribution in [2.75, 3.05) is 18.1 Å². The molecule has 0 aliphatic heterocycles. The van der Waals surface area contributed by atoms with Gasteiger partial charge in [0.2, 0.25) is 0 Å². The van der Waals surface area contributed by atoms with Crippen LogP contribution in [0.1, 0.15) is 45.7 Å². The zero-order chi connectivity index (χ0) is 14.7. The summed E-state index contributed by atoms with van der Waals surface area (Å²) in [5.41, 5.74) is 6.74. The Kier molecular flexibility index (Phi) is 10.6. The van der Waals surface area contributed by atoms with Crippen LogP contribution in [0.4, 0.5) is 5.82 Å². The maximum absolute atomic E-state index is 5.76. The molecular formula is C14H28N4S. The number of hydrogen-bond donors (Lipinski definition) is 2. The van der Waals surface area contributed by atoms with Gasteiger partial charge in [0, 0.05) is 24.3 Å². The number of rotatable bonds is 7. The van der Waals surface area contributed by atoms with Gasteiger partial charge in [-0.2, -0.15) is 0 Å². The summed E-state index contributed by atoms with van der Waals surface area (Å²) in [6.07, 6.45) is 5.45. The lowest BCUT2D eigenvalue weighted by Gasteiger charge is -2.17. The lowest BCUT2D eigenvalue weighted by molar-refractivity contribution is 0.611. The van der Waals surface area contributed by atoms with Gasteiger partial charge in [-0.1, -0.05) is 45.4 Å². The van der Waals surface area contributed by atoms with Crippen LogP contribution >= 0.6 is 11.8 Å². The minimum absolute atomic E-state index is 0.305. The summed E-state index contributed by atoms with van der Waals surface area (Å²) in [4.78, 5) is 8.76. The molecule has 0 aliphatic carbocycles. The Hall–Kier alpha value is -0.810. The number of nitrogens with one attached hydrogen (secondary N) is 1. The zero-order valence-electron chi connectivity index (χ0n) is 12.9. The molecule has 0 aromatic carbocycles. The molecule has 0 fully saturated rings. The molecule has 0 radical (unpaired) electrons. The molecule has 0 saturated heterocycles. The average Bonchev–Trinajstić information content (AvgIpc) is 2.44. The molecule has 110 valence electrons. The Balaban J connectivity index is 0.00000154. The SMILES string of the molecule is CC.CCCCC(CN)Nc1cc(C)nc(SC)n1. The molecule has 1 aromatic heterocycles. The van der Waals surface area contributed by atoms with E-state index in [9.17, 15) is 0 Å². The maximum Gasteiger partial charge on any atom is 0.189 e. The van der Waals surface area contributed by atoms with Crippen LogP contribution in [0, 0.1) is 6.92 Å². The van der Waals surface area contributed by atoms with Crippen molar-refractivity contribution in [3.05, 3.63) is 11.8 Å². The van der Waals surface area contributed by atoms with Gasteiger partial charge in [0.05, 0.1) is 0 Å². The van der Waals surface area contributed by atoms with Crippen LogP contribution in [-0.4, -0.2) is 28.8 Å². The minimum Gasteiger partial charge on any atom is -0.366 e. The van der Waals surface area contributed by atoms with Gasteiger partial charge in [-0.3, -0.25) is 0 Å². The van der Waals surface area contributed by atoms with Gasteiger partial charge in [-0.05, 0) is 19.6 Å². The third-order valence-electron chi connectivity index (χ3n) is 2.56. The molecule has 0 spiro atoms. The summed E-state index contributed by atoms with van der Waals surface area (Å²) in [7, 11) is 0. The highest BCUT2D eigenvalue weighted by atomic mass is 32.2. The average molecular weight is 284 g/mol. The van der Waals surface area contributed by atoms with Gasteiger partial charge < -0.3 is 11.1 Å². The second-order valence-electron chi connectivity index (χ2n) is 4.10. The Morgan fingerprint density at radius 3 is 2.58 bits per heavy atom. The summed E-state index contributed by atoms with van der Waals surface area (Å²) >= 11 is 1.56. The lowest BCUT2D eigenvalue weighted by atomic mass is 10.1. The Labute approximate surface area is 122 Å². The van der Waals surface area contributed by atoms with Crippen molar-refractivity contribution in [1.29, 1.82) is 0 Å². The number of unbranched alkanes of at least 4 members (excludes halogenated alkanes) is 1. The van der Waals surface area contributed by atoms with Crippen LogP contribution in [0.25, 0.3) is 0 Å². The molecular weight excluding hydrogens is 256 g/mol. The highest BCUT2D eigenvalue weighted by Crippen LogP contribution is 2.15. The standard InChI is InChI=1S/C12H22N4S.C2H6/c1-4-5-6-10(8-13)15-11-7-9(2)14-12(16-11)17-3;1-2/h7,10H,4-6,8,13H2,1-3H3,(H,14,15,16);1-2H3. The van der Waals surface area contributed by atoms with E-state index in [1.807, 2.05) is 33.1 Å². The van der Waals surface area contributed by atoms with E-state index in [2.05, 4.69) is 22.2 Å². The predicted molar refractivity (Wildman–Crippen MR) is 85.9 cm³/mol. The van der Waals surface area contributed by atoms with Crippen molar-refractivity contribution in [1.82, 2.24) is 9.97 Å². The molecule has 1 atom stereocenters. The van der Waals surface area contributed by atoms with E-state index in [-0.39, 0.29) is 0 Å². The maximum atomic E-state index is 5.76. The van der Waals surface area contributed by atoms with Crippen molar-refractivity contribution < 1.29 is 0 Å². The van der Waals surface area contributed by atoms with E-state index in [0.717, 1.165) is 23.1 Å². The molecule has 1 heterocycles. The fraction of sp³-hybridized carbons (Fsp3) is 0.714. The van der Waals surface area contributed by atoms with Crippen molar-refractivity contribution >= 4 is 17.6 Å². The van der Waals surface area contributed by atoms with Crippen molar-refractivity contribution in [2.45, 2.75) is 58.2 Å². The molecule has 1 rings (SSSR count). The monoisotopic (exact) mass is 284 g/mol. The number of thioether (sulfide) groups is 1. The topological polar surface area (TPSA) is 63.8 Å². The van der Waals surface area contributed by atoms with Crippen molar-refractivity contribution in [3.63, 3.8) is 0 Å². The van der Waals surface area contributed by atoms with E-state index < -0.39 is 0 Å². The van der Waals surface area contributed by atoms with Crippen LogP contribution in [0.5, 0.6) is 0 Å². The second-order valence-corrected chi connectivity index (χ2v) is 4.87. The van der Waals surface area contributed by atoms with Gasteiger partial charge in [0.25, 0.3) is 0 Å². The largest absolute Gasteiger partial charge is 0.366 e. The summed E-state index contributed by atoms with van der Waals surface area (Å²) < 4.78 is 0. The molecule has 1 unspecified atom stereocenters. The van der Waals surface area contributed by atoms with Gasteiger partial charge >= 0.3 is 0 Å². The van der Waals surface area contributed by atoms with Gasteiger partial charge in [0.1, 0.15) is 5.82 Å². The van der Waals surface area contributed by atoms with Gasteiger partial charge in [-0.15, -0.1) is 0 Å². The zero-order valence-corrected chi connectivity index (χ0v) is 13.7. The fourth-order valence-corrected chi connectivity index (χ4v) is 2.04. The number of nitrogens with zero attached hydrogens (tertiary/aromatic N) is 2. The third kappa shape index (κ3) is 7.38. The summed E-state index contributed by atoms with van der Waals surface area (Å²) in [6.45, 7) is 8.81. The number of hydrogen-bond acceptors (Lipinski definition) is 5. The van der Waals surface area contributed by atoms with Crippen molar-refractivity contribution in [3.8, 4) is 0 Å². The van der Waals surface area contributed by atoms with Crippen LogP contribution < -0.4 is 11.1 Å². The minimum atomic E-state index is 0.305. The van der Waals surface area contributed by atoms with Crippen LogP contribution in [0.3, 0.4) is 0 Å². The van der Waals surface area contributed by atoms with E-state index >= 15 is 0 Å². The van der Waals surface area contributed by atoms with Crippen LogP contribution in [-0.2, 0) is 0 Å². The first-order valence-electron chi connectivity index (χ1n) is 7.05. The van der Waals surface area contributed by atoms with Crippen molar-refractivity contribution in [2.24, 2.45) is 5.73 Å². The molecule has 4 nitrogen and oxygen atoms in total. The molecule has 0 amide bonds. The Morgan fingerprint density at radius 2 is 2.05 bits per heavy atom. The molecule has 19 heavy (non-hydrogen) atoms. The van der Waals surface area contributed by atoms with Gasteiger partial charge in [0.15, 0.2) is 5.16 Å². The van der Waals surface area contributed by atoms with E-state index in [1.54, 1.807) is 11.8 Å². The molecule has 3 N–H and O–H groups in total. The Morgan fingerprint density at radius 1 is 1.37 bits per heavy atom. The first kappa shape index (κ1) is 18.2. The quantitative estimate of drug-likeness (QED) is 0.593.